The number of rotatable bonds is 14. The van der Waals surface area contributed by atoms with Gasteiger partial charge in [0.1, 0.15) is 5.58 Å². The van der Waals surface area contributed by atoms with Crippen LogP contribution in [-0.2, 0) is 43.3 Å². The molecule has 0 saturated carbocycles. The number of benzene rings is 20. The highest BCUT2D eigenvalue weighted by Crippen LogP contribution is 2.63. The van der Waals surface area contributed by atoms with E-state index in [1.165, 1.54) is 171 Å². The zero-order valence-electron chi connectivity index (χ0n) is 88.1. The van der Waals surface area contributed by atoms with Crippen LogP contribution in [-0.4, -0.2) is 0 Å². The van der Waals surface area contributed by atoms with E-state index in [0.29, 0.717) is 0 Å². The third kappa shape index (κ3) is 15.5. The summed E-state index contributed by atoms with van der Waals surface area (Å²) < 4.78 is 9.14. The average Bonchev–Trinajstić information content (AvgIpc) is 1.73. The van der Waals surface area contributed by atoms with Crippen molar-refractivity contribution in [3.63, 3.8) is 0 Å². The second-order valence-electron chi connectivity index (χ2n) is 45.4. The van der Waals surface area contributed by atoms with E-state index >= 15 is 0 Å². The Balaban J connectivity index is 0.000000119. The van der Waals surface area contributed by atoms with Crippen molar-refractivity contribution in [3.8, 4) is 100 Å². The van der Waals surface area contributed by atoms with Gasteiger partial charge in [0.15, 0.2) is 5.58 Å². The minimum atomic E-state index is -0.0933. The van der Waals surface area contributed by atoms with Crippen LogP contribution in [0, 0.1) is 0 Å². The van der Waals surface area contributed by atoms with Crippen LogP contribution in [0.2, 0.25) is 0 Å². The number of fused-ring (bicyclic) bond motifs is 18. The van der Waals surface area contributed by atoms with Crippen molar-refractivity contribution in [2.45, 2.75) is 154 Å². The SMILES string of the molecule is CC1(C)c2cc(-c3cccc(N(c4ccccc4)c4cccc5sc6ccccc6c45)c3)ccc2-c2c(-c3ccccc3)cccc2C1(C)C.CC1(C)c2cc(-c3ccccc3)ccc2-c2c(-c3ccc(N(c4ccccc4)c4cccc5c4oc4ccccc45)cc3)cccc2C1(C)C.CC1(C)c2ccccc2-c2cc(N(c3ccccc3)c3cccc(-c4cccc5c4-c4ccccc4C(C)(C)C5(C)C)c3)ccc2C1(C)C. The summed E-state index contributed by atoms with van der Waals surface area (Å²) in [5.74, 6) is 0. The molecule has 2 heterocycles. The first kappa shape index (κ1) is 95.1. The van der Waals surface area contributed by atoms with E-state index in [2.05, 4.69) is 580 Å². The Morgan fingerprint density at radius 3 is 1.05 bits per heavy atom. The molecule has 20 aromatic carbocycles. The molecule has 0 saturated heterocycles. The standard InChI is InChI=1S/C48H39NO.C48H39NS.C48H47N/c1-47(2)41-22-13-20-37(45(41)40-30-27-34(31-42(40)48(47,3)4)32-15-7-5-8-16-32)33-25-28-36(29-26-33)49(35-17-9-6-10-18-35)43-23-14-21-39-38-19-11-12-24-44(38)50-46(39)43;1-47(2)40-24-14-23-37(32-16-7-5-8-17-32)45(40)38-29-28-34(31-41(38)48(47,3)4)33-18-13-21-36(30-33)49(35-19-9-6-10-20-35)42-25-15-27-44-46(42)39-22-11-12-26-43(39)50-44;1-45(2)40-25-14-12-22-37(40)39-31-35(28-29-42(39)47(45,5)6)49(33-19-10-9-11-20-33)34-21-16-18-32(30-34)36-24-17-27-43-44(36)38-23-13-15-26-41(38)46(3,4)48(43,7)8/h2*5-31H,1-4H3;9-31H,1-8H3. The van der Waals surface area contributed by atoms with E-state index in [0.717, 1.165) is 67.4 Å². The molecule has 0 atom stereocenters. The van der Waals surface area contributed by atoms with Crippen molar-refractivity contribution < 1.29 is 4.42 Å². The lowest BCUT2D eigenvalue weighted by Crippen LogP contribution is -2.43. The molecule has 0 radical (unpaired) electrons. The molecular formula is C144H125N3OS. The van der Waals surface area contributed by atoms with E-state index < -0.39 is 0 Å². The smallest absolute Gasteiger partial charge is 0.159 e. The molecule has 0 N–H and O–H groups in total. The zero-order valence-corrected chi connectivity index (χ0v) is 88.9. The summed E-state index contributed by atoms with van der Waals surface area (Å²) in [5.41, 5.74) is 46.0. The van der Waals surface area contributed by atoms with Crippen molar-refractivity contribution in [2.75, 3.05) is 14.7 Å². The molecule has 22 aromatic rings. The van der Waals surface area contributed by atoms with Crippen molar-refractivity contribution in [1.82, 2.24) is 0 Å². The molecule has 26 rings (SSSR count). The molecule has 149 heavy (non-hydrogen) atoms. The van der Waals surface area contributed by atoms with Crippen molar-refractivity contribution in [3.05, 3.63) is 512 Å². The molecule has 0 spiro atoms. The van der Waals surface area contributed by atoms with Crippen LogP contribution in [0.1, 0.15) is 155 Å². The number of nitrogens with zero attached hydrogens (tertiary/aromatic N) is 3. The molecule has 0 amide bonds. The van der Waals surface area contributed by atoms with Gasteiger partial charge in [-0.15, -0.1) is 11.3 Å². The van der Waals surface area contributed by atoms with Crippen LogP contribution in [0.3, 0.4) is 0 Å². The lowest BCUT2D eigenvalue weighted by Gasteiger charge is -2.49. The van der Waals surface area contributed by atoms with E-state index in [-0.39, 0.29) is 43.3 Å². The largest absolute Gasteiger partial charge is 0.454 e. The van der Waals surface area contributed by atoms with Crippen LogP contribution in [0.4, 0.5) is 51.2 Å². The van der Waals surface area contributed by atoms with Gasteiger partial charge in [0.25, 0.3) is 0 Å². The van der Waals surface area contributed by atoms with Crippen molar-refractivity contribution in [1.29, 1.82) is 0 Å². The second kappa shape index (κ2) is 36.4. The summed E-state index contributed by atoms with van der Waals surface area (Å²) in [6, 6.07) is 171. The monoisotopic (exact) mass is 1940 g/mol. The first-order valence-corrected chi connectivity index (χ1v) is 53.7. The predicted molar refractivity (Wildman–Crippen MR) is 637 cm³/mol. The highest BCUT2D eigenvalue weighted by Gasteiger charge is 2.51. The summed E-state index contributed by atoms with van der Waals surface area (Å²) in [7, 11) is 0. The molecule has 0 aliphatic heterocycles. The average molecular weight is 1950 g/mol. The number of furan rings is 1. The van der Waals surface area contributed by atoms with Gasteiger partial charge in [0.05, 0.1) is 11.4 Å². The van der Waals surface area contributed by atoms with E-state index in [9.17, 15) is 0 Å². The number of anilines is 9. The zero-order chi connectivity index (χ0) is 102. The summed E-state index contributed by atoms with van der Waals surface area (Å²) >= 11 is 1.86. The normalized spacial score (nSPS) is 15.3. The second-order valence-corrected chi connectivity index (χ2v) is 46.5. The highest BCUT2D eigenvalue weighted by atomic mass is 32.1. The molecular weight excluding hydrogens is 1820 g/mol. The predicted octanol–water partition coefficient (Wildman–Crippen LogP) is 41.0. The number of hydrogen-bond acceptors (Lipinski definition) is 5. The van der Waals surface area contributed by atoms with Gasteiger partial charge in [-0.3, -0.25) is 0 Å². The lowest BCUT2D eigenvalue weighted by molar-refractivity contribution is 0.299. The fraction of sp³-hybridized carbons (Fsp3) is 0.167. The van der Waals surface area contributed by atoms with Crippen molar-refractivity contribution >= 4 is 105 Å². The third-order valence-electron chi connectivity index (χ3n) is 35.9. The Morgan fingerprint density at radius 2 is 0.490 bits per heavy atom. The first-order valence-electron chi connectivity index (χ1n) is 52.8. The molecule has 4 nitrogen and oxygen atoms in total. The highest BCUT2D eigenvalue weighted by molar-refractivity contribution is 7.26. The van der Waals surface area contributed by atoms with Crippen molar-refractivity contribution in [2.24, 2.45) is 0 Å². The van der Waals surface area contributed by atoms with Gasteiger partial charge in [-0.2, -0.15) is 0 Å². The number of para-hydroxylation sites is 5. The minimum absolute atomic E-state index is 0.00276. The van der Waals surface area contributed by atoms with Crippen LogP contribution in [0.5, 0.6) is 0 Å². The number of thiophene rings is 1. The van der Waals surface area contributed by atoms with Gasteiger partial charge in [0.2, 0.25) is 0 Å². The van der Waals surface area contributed by atoms with Crippen LogP contribution < -0.4 is 14.7 Å². The van der Waals surface area contributed by atoms with Crippen LogP contribution in [0.15, 0.2) is 472 Å². The Morgan fingerprint density at radius 1 is 0.174 bits per heavy atom. The summed E-state index contributed by atoms with van der Waals surface area (Å²) in [4.78, 5) is 7.16. The van der Waals surface area contributed by atoms with Gasteiger partial charge < -0.3 is 19.1 Å². The number of hydrogen-bond donors (Lipinski definition) is 0. The minimum Gasteiger partial charge on any atom is -0.454 e. The summed E-state index contributed by atoms with van der Waals surface area (Å²) in [6.45, 7) is 38.6. The molecule has 0 bridgehead atoms. The maximum Gasteiger partial charge on any atom is 0.159 e. The molecule has 2 aromatic heterocycles. The molecule has 5 heteroatoms. The molecule has 4 aliphatic rings. The van der Waals surface area contributed by atoms with E-state index in [1.54, 1.807) is 0 Å². The molecule has 728 valence electrons. The molecule has 4 aliphatic carbocycles. The Kier molecular flexibility index (Phi) is 23.2. The fourth-order valence-corrected chi connectivity index (χ4v) is 26.1. The van der Waals surface area contributed by atoms with Crippen LogP contribution in [0.25, 0.3) is 142 Å². The lowest BCUT2D eigenvalue weighted by atomic mass is 9.54. The Labute approximate surface area is 883 Å². The van der Waals surface area contributed by atoms with Gasteiger partial charge in [-0.25, -0.2) is 0 Å². The van der Waals surface area contributed by atoms with E-state index in [4.69, 9.17) is 4.42 Å². The Bertz CT molecular complexity index is 8940. The summed E-state index contributed by atoms with van der Waals surface area (Å²) in [5, 5.41) is 4.85. The van der Waals surface area contributed by atoms with Gasteiger partial charge in [-0.1, -0.05) is 450 Å². The molecule has 0 unspecified atom stereocenters. The topological polar surface area (TPSA) is 22.9 Å². The van der Waals surface area contributed by atoms with Gasteiger partial charge in [-0.05, 0) is 315 Å². The third-order valence-corrected chi connectivity index (χ3v) is 37.0. The maximum atomic E-state index is 6.53. The quantitative estimate of drug-likeness (QED) is 0.108. The summed E-state index contributed by atoms with van der Waals surface area (Å²) in [6.07, 6.45) is 0. The van der Waals surface area contributed by atoms with E-state index in [1.807, 2.05) is 23.5 Å². The maximum absolute atomic E-state index is 6.53. The molecule has 0 fully saturated rings. The van der Waals surface area contributed by atoms with Gasteiger partial charge >= 0.3 is 0 Å². The van der Waals surface area contributed by atoms with Crippen LogP contribution >= 0.6 is 11.3 Å². The Hall–Kier alpha value is -16.2. The fourth-order valence-electron chi connectivity index (χ4n) is 24.9. The first-order chi connectivity index (χ1) is 72.0. The van der Waals surface area contributed by atoms with Gasteiger partial charge in [0, 0.05) is 70.8 Å².